The Morgan fingerprint density at radius 1 is 1.07 bits per heavy atom. The Balaban J connectivity index is 2.22. The van der Waals surface area contributed by atoms with Crippen molar-refractivity contribution >= 4 is 23.5 Å². The Bertz CT molecular complexity index is 794. The average molecular weight is 388 g/mol. The zero-order valence-electron chi connectivity index (χ0n) is 16.2. The highest BCUT2D eigenvalue weighted by Crippen LogP contribution is 2.26. The summed E-state index contributed by atoms with van der Waals surface area (Å²) in [4.78, 5) is 24.7. The van der Waals surface area contributed by atoms with Crippen LogP contribution in [-0.4, -0.2) is 18.5 Å². The molecule has 4 nitrogen and oxygen atoms in total. The standard InChI is InChI=1S/C22H26ClNO3/c1-5-27-20(25)14-19(17-8-6-7-9-18(17)23)24-21(26)15-10-12-16(13-11-15)22(2,3)4/h6-13,19H,5,14H2,1-4H3,(H,24,26)/t19-/m1/s1. The highest BCUT2D eigenvalue weighted by Gasteiger charge is 2.22. The van der Waals surface area contributed by atoms with Crippen LogP contribution >= 0.6 is 11.6 Å². The van der Waals surface area contributed by atoms with Gasteiger partial charge in [0.05, 0.1) is 19.1 Å². The number of ether oxygens (including phenoxy) is 1. The van der Waals surface area contributed by atoms with Crippen molar-refractivity contribution in [2.24, 2.45) is 0 Å². The second kappa shape index (κ2) is 9.05. The van der Waals surface area contributed by atoms with Gasteiger partial charge >= 0.3 is 5.97 Å². The number of benzene rings is 2. The van der Waals surface area contributed by atoms with Crippen LogP contribution in [0.4, 0.5) is 0 Å². The normalized spacial score (nSPS) is 12.3. The molecule has 27 heavy (non-hydrogen) atoms. The molecule has 2 rings (SSSR count). The molecule has 1 atom stereocenters. The maximum absolute atomic E-state index is 12.7. The third-order valence-corrected chi connectivity index (χ3v) is 4.62. The lowest BCUT2D eigenvalue weighted by molar-refractivity contribution is -0.143. The van der Waals surface area contributed by atoms with Crippen LogP contribution < -0.4 is 5.32 Å². The molecule has 0 fully saturated rings. The first-order valence-corrected chi connectivity index (χ1v) is 9.41. The van der Waals surface area contributed by atoms with E-state index in [1.54, 1.807) is 37.3 Å². The van der Waals surface area contributed by atoms with Gasteiger partial charge in [-0.15, -0.1) is 0 Å². The summed E-state index contributed by atoms with van der Waals surface area (Å²) in [5.41, 5.74) is 2.38. The highest BCUT2D eigenvalue weighted by molar-refractivity contribution is 6.31. The van der Waals surface area contributed by atoms with E-state index < -0.39 is 6.04 Å². The summed E-state index contributed by atoms with van der Waals surface area (Å²) in [5.74, 6) is -0.643. The van der Waals surface area contributed by atoms with Crippen LogP contribution in [0.2, 0.25) is 5.02 Å². The summed E-state index contributed by atoms with van der Waals surface area (Å²) >= 11 is 6.28. The van der Waals surface area contributed by atoms with E-state index in [2.05, 4.69) is 26.1 Å². The fraction of sp³-hybridized carbons (Fsp3) is 0.364. The fourth-order valence-corrected chi connectivity index (χ4v) is 3.01. The first-order chi connectivity index (χ1) is 12.7. The van der Waals surface area contributed by atoms with Gasteiger partial charge in [0.25, 0.3) is 5.91 Å². The average Bonchev–Trinajstić information content (AvgIpc) is 2.61. The van der Waals surface area contributed by atoms with Crippen molar-refractivity contribution in [2.45, 2.75) is 45.6 Å². The Morgan fingerprint density at radius 2 is 1.70 bits per heavy atom. The van der Waals surface area contributed by atoms with E-state index in [0.29, 0.717) is 16.1 Å². The van der Waals surface area contributed by atoms with E-state index >= 15 is 0 Å². The summed E-state index contributed by atoms with van der Waals surface area (Å²) in [6.07, 6.45) is 0.0173. The minimum absolute atomic E-state index is 0.0129. The molecular weight excluding hydrogens is 362 g/mol. The molecule has 0 aromatic heterocycles. The van der Waals surface area contributed by atoms with Crippen molar-refractivity contribution in [1.82, 2.24) is 5.32 Å². The maximum Gasteiger partial charge on any atom is 0.308 e. The molecule has 0 aliphatic heterocycles. The molecule has 1 N–H and O–H groups in total. The lowest BCUT2D eigenvalue weighted by atomic mass is 9.86. The van der Waals surface area contributed by atoms with E-state index in [1.807, 2.05) is 18.2 Å². The van der Waals surface area contributed by atoms with E-state index in [0.717, 1.165) is 5.56 Å². The minimum atomic E-state index is -0.562. The molecule has 0 aliphatic rings. The number of rotatable bonds is 6. The van der Waals surface area contributed by atoms with Crippen LogP contribution in [0, 0.1) is 0 Å². The molecule has 0 saturated carbocycles. The number of hydrogen-bond donors (Lipinski definition) is 1. The Labute approximate surface area is 165 Å². The molecule has 0 unspecified atom stereocenters. The molecule has 1 amide bonds. The zero-order chi connectivity index (χ0) is 20.0. The number of halogens is 1. The van der Waals surface area contributed by atoms with Gasteiger partial charge in [0, 0.05) is 10.6 Å². The molecular formula is C22H26ClNO3. The van der Waals surface area contributed by atoms with Gasteiger partial charge in [-0.2, -0.15) is 0 Å². The molecule has 0 bridgehead atoms. The molecule has 144 valence electrons. The van der Waals surface area contributed by atoms with Crippen LogP contribution in [-0.2, 0) is 14.9 Å². The summed E-state index contributed by atoms with van der Waals surface area (Å²) in [6, 6.07) is 14.1. The quantitative estimate of drug-likeness (QED) is 0.704. The molecule has 5 heteroatoms. The van der Waals surface area contributed by atoms with Gasteiger partial charge in [-0.05, 0) is 41.7 Å². The molecule has 2 aromatic rings. The molecule has 0 aliphatic carbocycles. The summed E-state index contributed by atoms with van der Waals surface area (Å²) < 4.78 is 5.04. The highest BCUT2D eigenvalue weighted by atomic mass is 35.5. The number of carbonyl (C=O) groups is 2. The second-order valence-corrected chi connectivity index (χ2v) is 7.79. The van der Waals surface area contributed by atoms with Crippen molar-refractivity contribution in [1.29, 1.82) is 0 Å². The fourth-order valence-electron chi connectivity index (χ4n) is 2.75. The van der Waals surface area contributed by atoms with Crippen molar-refractivity contribution in [3.05, 3.63) is 70.2 Å². The van der Waals surface area contributed by atoms with Crippen LogP contribution in [0.15, 0.2) is 48.5 Å². The lowest BCUT2D eigenvalue weighted by Gasteiger charge is -2.21. The van der Waals surface area contributed by atoms with Crippen molar-refractivity contribution in [2.75, 3.05) is 6.61 Å². The lowest BCUT2D eigenvalue weighted by Crippen LogP contribution is -2.31. The zero-order valence-corrected chi connectivity index (χ0v) is 17.0. The van der Waals surface area contributed by atoms with Crippen LogP contribution in [0.1, 0.15) is 61.6 Å². The monoisotopic (exact) mass is 387 g/mol. The Kier molecular flexibility index (Phi) is 7.03. The summed E-state index contributed by atoms with van der Waals surface area (Å²) in [5, 5.41) is 3.41. The van der Waals surface area contributed by atoms with Crippen LogP contribution in [0.25, 0.3) is 0 Å². The molecule has 2 aromatic carbocycles. The van der Waals surface area contributed by atoms with Gasteiger partial charge in [0.15, 0.2) is 0 Å². The predicted molar refractivity (Wildman–Crippen MR) is 108 cm³/mol. The largest absolute Gasteiger partial charge is 0.466 e. The number of hydrogen-bond acceptors (Lipinski definition) is 3. The smallest absolute Gasteiger partial charge is 0.308 e. The second-order valence-electron chi connectivity index (χ2n) is 7.38. The van der Waals surface area contributed by atoms with E-state index in [4.69, 9.17) is 16.3 Å². The van der Waals surface area contributed by atoms with E-state index in [9.17, 15) is 9.59 Å². The first-order valence-electron chi connectivity index (χ1n) is 9.04. The number of amides is 1. The van der Waals surface area contributed by atoms with Crippen LogP contribution in [0.3, 0.4) is 0 Å². The number of nitrogens with one attached hydrogen (secondary N) is 1. The Morgan fingerprint density at radius 3 is 2.26 bits per heavy atom. The topological polar surface area (TPSA) is 55.4 Å². The Hall–Kier alpha value is -2.33. The van der Waals surface area contributed by atoms with Gasteiger partial charge in [-0.1, -0.05) is 62.7 Å². The van der Waals surface area contributed by atoms with Gasteiger partial charge in [0.2, 0.25) is 0 Å². The summed E-state index contributed by atoms with van der Waals surface area (Å²) in [6.45, 7) is 8.40. The van der Waals surface area contributed by atoms with Crippen molar-refractivity contribution < 1.29 is 14.3 Å². The van der Waals surface area contributed by atoms with Crippen LogP contribution in [0.5, 0.6) is 0 Å². The van der Waals surface area contributed by atoms with Crippen molar-refractivity contribution in [3.8, 4) is 0 Å². The summed E-state index contributed by atoms with van der Waals surface area (Å²) in [7, 11) is 0. The molecule has 0 radical (unpaired) electrons. The van der Waals surface area contributed by atoms with Gasteiger partial charge in [-0.25, -0.2) is 0 Å². The molecule has 0 spiro atoms. The minimum Gasteiger partial charge on any atom is -0.466 e. The third-order valence-electron chi connectivity index (χ3n) is 4.28. The van der Waals surface area contributed by atoms with Crippen molar-refractivity contribution in [3.63, 3.8) is 0 Å². The van der Waals surface area contributed by atoms with Gasteiger partial charge in [0.1, 0.15) is 0 Å². The number of carbonyl (C=O) groups excluding carboxylic acids is 2. The maximum atomic E-state index is 12.7. The molecule has 0 saturated heterocycles. The van der Waals surface area contributed by atoms with Gasteiger partial charge < -0.3 is 10.1 Å². The van der Waals surface area contributed by atoms with Gasteiger partial charge in [-0.3, -0.25) is 9.59 Å². The first kappa shape index (κ1) is 21.0. The number of esters is 1. The van der Waals surface area contributed by atoms with E-state index in [1.165, 1.54) is 0 Å². The molecule has 0 heterocycles. The SMILES string of the molecule is CCOC(=O)C[C@@H](NC(=O)c1ccc(C(C)(C)C)cc1)c1ccccc1Cl. The predicted octanol–water partition coefficient (Wildman–Crippen LogP) is 5.06. The third kappa shape index (κ3) is 5.83. The van der Waals surface area contributed by atoms with E-state index in [-0.39, 0.29) is 30.3 Å².